The number of halogens is 1. The van der Waals surface area contributed by atoms with Gasteiger partial charge in [0.05, 0.1) is 19.3 Å². The zero-order chi connectivity index (χ0) is 12.5. The average Bonchev–Trinajstić information content (AvgIpc) is 2.30. The fourth-order valence-electron chi connectivity index (χ4n) is 1.22. The summed E-state index contributed by atoms with van der Waals surface area (Å²) in [6, 6.07) is 6.46. The van der Waals surface area contributed by atoms with Crippen LogP contribution in [-0.4, -0.2) is 30.8 Å². The van der Waals surface area contributed by atoms with Crippen LogP contribution in [0.1, 0.15) is 13.8 Å². The Morgan fingerprint density at radius 2 is 1.88 bits per heavy atom. The normalized spacial score (nSPS) is 10.8. The summed E-state index contributed by atoms with van der Waals surface area (Å²) >= 11 is 1.75. The number of hydrogen-bond donors (Lipinski definition) is 0. The molecule has 0 aliphatic carbocycles. The van der Waals surface area contributed by atoms with E-state index in [1.54, 1.807) is 30.0 Å². The first kappa shape index (κ1) is 14.3. The van der Waals surface area contributed by atoms with Crippen LogP contribution in [0.15, 0.2) is 24.3 Å². The van der Waals surface area contributed by atoms with E-state index in [4.69, 9.17) is 9.47 Å². The van der Waals surface area contributed by atoms with Gasteiger partial charge in [-0.1, -0.05) is 12.1 Å². The van der Waals surface area contributed by atoms with E-state index in [1.165, 1.54) is 6.07 Å². The van der Waals surface area contributed by atoms with Crippen LogP contribution in [0.4, 0.5) is 4.39 Å². The van der Waals surface area contributed by atoms with Crippen LogP contribution in [0, 0.1) is 5.82 Å². The average molecular weight is 258 g/mol. The second-order valence-corrected chi connectivity index (χ2v) is 5.04. The van der Waals surface area contributed by atoms with Crippen LogP contribution in [0.3, 0.4) is 0 Å². The molecule has 0 aromatic heterocycles. The minimum absolute atomic E-state index is 0.283. The summed E-state index contributed by atoms with van der Waals surface area (Å²) in [5.74, 6) is 1.81. The Hall–Kier alpha value is -0.740. The van der Waals surface area contributed by atoms with E-state index in [0.717, 1.165) is 18.1 Å². The molecule has 1 aromatic carbocycles. The second kappa shape index (κ2) is 8.37. The molecule has 0 unspecified atom stereocenters. The van der Waals surface area contributed by atoms with Gasteiger partial charge in [0.25, 0.3) is 0 Å². The molecule has 0 bridgehead atoms. The van der Waals surface area contributed by atoms with Crippen molar-refractivity contribution >= 4 is 11.8 Å². The first-order valence-electron chi connectivity index (χ1n) is 5.77. The van der Waals surface area contributed by atoms with Crippen molar-refractivity contribution in [2.24, 2.45) is 0 Å². The van der Waals surface area contributed by atoms with Gasteiger partial charge < -0.3 is 9.47 Å². The fraction of sp³-hybridized carbons (Fsp3) is 0.538. The third kappa shape index (κ3) is 6.54. The van der Waals surface area contributed by atoms with E-state index >= 15 is 0 Å². The first-order valence-corrected chi connectivity index (χ1v) is 6.92. The van der Waals surface area contributed by atoms with E-state index in [0.29, 0.717) is 12.4 Å². The number of benzene rings is 1. The van der Waals surface area contributed by atoms with Crippen LogP contribution in [0.5, 0.6) is 5.75 Å². The van der Waals surface area contributed by atoms with Crippen LogP contribution in [-0.2, 0) is 4.74 Å². The smallest absolute Gasteiger partial charge is 0.165 e. The summed E-state index contributed by atoms with van der Waals surface area (Å²) in [5, 5.41) is 0. The quantitative estimate of drug-likeness (QED) is 0.666. The largest absolute Gasteiger partial charge is 0.490 e. The molecule has 0 heterocycles. The fourth-order valence-corrected chi connectivity index (χ4v) is 1.84. The molecule has 0 radical (unpaired) electrons. The lowest BCUT2D eigenvalue weighted by Gasteiger charge is -2.08. The molecule has 2 nitrogen and oxygen atoms in total. The highest BCUT2D eigenvalue weighted by Gasteiger charge is 2.00. The van der Waals surface area contributed by atoms with Crippen molar-refractivity contribution in [1.82, 2.24) is 0 Å². The number of thioether (sulfide) groups is 1. The highest BCUT2D eigenvalue weighted by atomic mass is 32.2. The summed E-state index contributed by atoms with van der Waals surface area (Å²) in [6.45, 7) is 5.31. The molecule has 1 rings (SSSR count). The number of ether oxygens (including phenoxy) is 2. The summed E-state index contributed by atoms with van der Waals surface area (Å²) in [5.41, 5.74) is 0. The summed E-state index contributed by atoms with van der Waals surface area (Å²) in [6.07, 6.45) is 0.283. The maximum atomic E-state index is 13.2. The van der Waals surface area contributed by atoms with Crippen molar-refractivity contribution in [2.75, 3.05) is 24.7 Å². The molecular weight excluding hydrogens is 239 g/mol. The summed E-state index contributed by atoms with van der Waals surface area (Å²) in [7, 11) is 0. The molecule has 0 saturated heterocycles. The Morgan fingerprint density at radius 3 is 2.59 bits per heavy atom. The van der Waals surface area contributed by atoms with E-state index in [2.05, 4.69) is 0 Å². The Labute approximate surface area is 107 Å². The molecule has 17 heavy (non-hydrogen) atoms. The molecular formula is C13H19FO2S. The SMILES string of the molecule is CC(C)OCCSCCOc1ccccc1F. The van der Waals surface area contributed by atoms with E-state index in [1.807, 2.05) is 13.8 Å². The van der Waals surface area contributed by atoms with Gasteiger partial charge in [0, 0.05) is 11.5 Å². The van der Waals surface area contributed by atoms with Crippen LogP contribution < -0.4 is 4.74 Å². The van der Waals surface area contributed by atoms with Crippen LogP contribution in [0.2, 0.25) is 0 Å². The highest BCUT2D eigenvalue weighted by Crippen LogP contribution is 2.15. The van der Waals surface area contributed by atoms with Gasteiger partial charge in [-0.05, 0) is 26.0 Å². The van der Waals surface area contributed by atoms with Gasteiger partial charge in [0.1, 0.15) is 0 Å². The molecule has 4 heteroatoms. The monoisotopic (exact) mass is 258 g/mol. The lowest BCUT2D eigenvalue weighted by molar-refractivity contribution is 0.0920. The van der Waals surface area contributed by atoms with Crippen molar-refractivity contribution < 1.29 is 13.9 Å². The standard InChI is InChI=1S/C13H19FO2S/c1-11(2)15-7-9-17-10-8-16-13-6-4-3-5-12(13)14/h3-6,11H,7-10H2,1-2H3. The number of rotatable bonds is 8. The molecule has 0 amide bonds. The lowest BCUT2D eigenvalue weighted by atomic mass is 10.3. The predicted octanol–water partition coefficient (Wildman–Crippen LogP) is 3.36. The molecule has 0 N–H and O–H groups in total. The van der Waals surface area contributed by atoms with Gasteiger partial charge in [-0.2, -0.15) is 11.8 Å². The molecule has 0 spiro atoms. The van der Waals surface area contributed by atoms with Gasteiger partial charge in [-0.25, -0.2) is 4.39 Å². The summed E-state index contributed by atoms with van der Waals surface area (Å²) in [4.78, 5) is 0. The van der Waals surface area contributed by atoms with Crippen molar-refractivity contribution in [3.63, 3.8) is 0 Å². The second-order valence-electron chi connectivity index (χ2n) is 3.81. The molecule has 0 aliphatic rings. The topological polar surface area (TPSA) is 18.5 Å². The van der Waals surface area contributed by atoms with Gasteiger partial charge in [0.15, 0.2) is 11.6 Å². The van der Waals surface area contributed by atoms with Gasteiger partial charge in [0.2, 0.25) is 0 Å². The van der Waals surface area contributed by atoms with Crippen LogP contribution in [0.25, 0.3) is 0 Å². The molecule has 0 fully saturated rings. The molecule has 0 aliphatic heterocycles. The maximum Gasteiger partial charge on any atom is 0.165 e. The lowest BCUT2D eigenvalue weighted by Crippen LogP contribution is -2.07. The number of para-hydroxylation sites is 1. The first-order chi connectivity index (χ1) is 8.20. The zero-order valence-electron chi connectivity index (χ0n) is 10.3. The number of hydrogen-bond acceptors (Lipinski definition) is 3. The van der Waals surface area contributed by atoms with Crippen molar-refractivity contribution in [3.05, 3.63) is 30.1 Å². The highest BCUT2D eigenvalue weighted by molar-refractivity contribution is 7.99. The Bertz CT molecular complexity index is 318. The third-order valence-corrected chi connectivity index (χ3v) is 2.91. The molecule has 0 saturated carbocycles. The van der Waals surface area contributed by atoms with Crippen LogP contribution >= 0.6 is 11.8 Å². The third-order valence-electron chi connectivity index (χ3n) is 2.00. The minimum atomic E-state index is -0.305. The Kier molecular flexibility index (Phi) is 7.05. The maximum absolute atomic E-state index is 13.2. The Morgan fingerprint density at radius 1 is 1.18 bits per heavy atom. The van der Waals surface area contributed by atoms with Crippen molar-refractivity contribution in [1.29, 1.82) is 0 Å². The zero-order valence-corrected chi connectivity index (χ0v) is 11.1. The van der Waals surface area contributed by atoms with Crippen molar-refractivity contribution in [2.45, 2.75) is 20.0 Å². The van der Waals surface area contributed by atoms with E-state index in [9.17, 15) is 4.39 Å². The molecule has 96 valence electrons. The van der Waals surface area contributed by atoms with Gasteiger partial charge >= 0.3 is 0 Å². The predicted molar refractivity (Wildman–Crippen MR) is 70.3 cm³/mol. The molecule has 1 aromatic rings. The van der Waals surface area contributed by atoms with Gasteiger partial charge in [-0.15, -0.1) is 0 Å². The van der Waals surface area contributed by atoms with Gasteiger partial charge in [-0.3, -0.25) is 0 Å². The van der Waals surface area contributed by atoms with E-state index < -0.39 is 0 Å². The van der Waals surface area contributed by atoms with E-state index in [-0.39, 0.29) is 11.9 Å². The van der Waals surface area contributed by atoms with Crippen molar-refractivity contribution in [3.8, 4) is 5.75 Å². The minimum Gasteiger partial charge on any atom is -0.490 e. The summed E-state index contributed by atoms with van der Waals surface area (Å²) < 4.78 is 23.9. The Balaban J connectivity index is 2.03. The molecule has 0 atom stereocenters.